The smallest absolute Gasteiger partial charge is 0.148 e. The topological polar surface area (TPSA) is 38.7 Å². The molecule has 1 N–H and O–H groups in total. The molecule has 21 heavy (non-hydrogen) atoms. The lowest BCUT2D eigenvalue weighted by Gasteiger charge is -2.49. The predicted octanol–water partition coefficient (Wildman–Crippen LogP) is 3.30. The Balaban J connectivity index is 2.12. The zero-order chi connectivity index (χ0) is 15.0. The Morgan fingerprint density at radius 2 is 1.81 bits per heavy atom. The molecule has 3 heteroatoms. The van der Waals surface area contributed by atoms with Gasteiger partial charge < -0.3 is 14.6 Å². The van der Waals surface area contributed by atoms with Gasteiger partial charge in [0.15, 0.2) is 0 Å². The van der Waals surface area contributed by atoms with Gasteiger partial charge in [-0.3, -0.25) is 0 Å². The van der Waals surface area contributed by atoms with E-state index in [1.165, 1.54) is 0 Å². The van der Waals surface area contributed by atoms with Crippen LogP contribution in [0.2, 0.25) is 0 Å². The van der Waals surface area contributed by atoms with Crippen LogP contribution in [0.1, 0.15) is 22.8 Å². The quantitative estimate of drug-likeness (QED) is 0.935. The molecule has 0 aromatic heterocycles. The number of hydrogen-bond acceptors (Lipinski definition) is 3. The van der Waals surface area contributed by atoms with Crippen molar-refractivity contribution in [1.29, 1.82) is 0 Å². The number of aliphatic hydroxyl groups is 1. The van der Waals surface area contributed by atoms with Gasteiger partial charge in [0.05, 0.1) is 7.11 Å². The summed E-state index contributed by atoms with van der Waals surface area (Å²) < 4.78 is 11.0. The van der Waals surface area contributed by atoms with E-state index in [1.807, 2.05) is 48.5 Å². The molecule has 108 valence electrons. The van der Waals surface area contributed by atoms with E-state index in [4.69, 9.17) is 9.47 Å². The van der Waals surface area contributed by atoms with E-state index < -0.39 is 11.7 Å². The van der Waals surface area contributed by atoms with Crippen LogP contribution >= 0.6 is 0 Å². The lowest BCUT2D eigenvalue weighted by molar-refractivity contribution is -0.0968. The van der Waals surface area contributed by atoms with Crippen molar-refractivity contribution >= 4 is 5.57 Å². The van der Waals surface area contributed by atoms with E-state index in [2.05, 4.69) is 6.58 Å². The molecular weight excluding hydrogens is 264 g/mol. The highest BCUT2D eigenvalue weighted by atomic mass is 16.5. The first kappa shape index (κ1) is 13.9. The summed E-state index contributed by atoms with van der Waals surface area (Å²) in [5.41, 5.74) is 2.47. The van der Waals surface area contributed by atoms with Crippen LogP contribution in [-0.2, 0) is 10.3 Å². The summed E-state index contributed by atoms with van der Waals surface area (Å²) in [5.74, 6) is 0.675. The van der Waals surface area contributed by atoms with Gasteiger partial charge in [-0.05, 0) is 17.2 Å². The minimum atomic E-state index is -0.911. The number of hydrogen-bond donors (Lipinski definition) is 1. The summed E-state index contributed by atoms with van der Waals surface area (Å²) in [4.78, 5) is 0. The number of methoxy groups -OCH3 is 2. The molecule has 0 amide bonds. The second-order valence-electron chi connectivity index (χ2n) is 5.11. The zero-order valence-corrected chi connectivity index (χ0v) is 12.2. The van der Waals surface area contributed by atoms with Crippen molar-refractivity contribution in [2.45, 2.75) is 11.7 Å². The summed E-state index contributed by atoms with van der Waals surface area (Å²) in [6.45, 7) is 4.17. The third-order valence-electron chi connectivity index (χ3n) is 4.24. The molecule has 0 unspecified atom stereocenters. The van der Waals surface area contributed by atoms with Crippen LogP contribution in [0.5, 0.6) is 5.75 Å². The lowest BCUT2D eigenvalue weighted by Crippen LogP contribution is -2.46. The molecular formula is C18H18O3. The van der Waals surface area contributed by atoms with Crippen molar-refractivity contribution in [3.05, 3.63) is 71.8 Å². The van der Waals surface area contributed by atoms with Crippen molar-refractivity contribution < 1.29 is 14.6 Å². The van der Waals surface area contributed by atoms with Crippen LogP contribution in [0.15, 0.2) is 55.1 Å². The van der Waals surface area contributed by atoms with E-state index in [0.29, 0.717) is 5.75 Å². The molecule has 0 radical (unpaired) electrons. The molecule has 2 aromatic carbocycles. The third kappa shape index (κ3) is 1.75. The molecule has 0 spiro atoms. The molecule has 0 fully saturated rings. The molecule has 0 bridgehead atoms. The average Bonchev–Trinajstić information content (AvgIpc) is 2.55. The van der Waals surface area contributed by atoms with Crippen LogP contribution in [-0.4, -0.2) is 19.3 Å². The largest absolute Gasteiger partial charge is 0.496 e. The fraction of sp³-hybridized carbons (Fsp3) is 0.222. The second-order valence-corrected chi connectivity index (χ2v) is 5.11. The Hall–Kier alpha value is -2.10. The number of fused-ring (bicyclic) bond motifs is 1. The number of ether oxygens (including phenoxy) is 2. The first-order valence-electron chi connectivity index (χ1n) is 6.82. The lowest BCUT2D eigenvalue weighted by atomic mass is 9.65. The summed E-state index contributed by atoms with van der Waals surface area (Å²) >= 11 is 0. The second kappa shape index (κ2) is 5.02. The Morgan fingerprint density at radius 1 is 1.10 bits per heavy atom. The Labute approximate surface area is 124 Å². The maximum absolute atomic E-state index is 10.7. The highest BCUT2D eigenvalue weighted by Gasteiger charge is 2.55. The van der Waals surface area contributed by atoms with Crippen LogP contribution in [0.4, 0.5) is 0 Å². The Bertz CT molecular complexity index is 678. The monoisotopic (exact) mass is 282 g/mol. The van der Waals surface area contributed by atoms with E-state index in [-0.39, 0.29) is 0 Å². The van der Waals surface area contributed by atoms with Crippen LogP contribution in [0.3, 0.4) is 0 Å². The highest BCUT2D eigenvalue weighted by molar-refractivity contribution is 5.78. The molecule has 1 aliphatic carbocycles. The molecule has 2 atom stereocenters. The van der Waals surface area contributed by atoms with Gasteiger partial charge in [-0.2, -0.15) is 0 Å². The molecule has 3 rings (SSSR count). The molecule has 2 aromatic rings. The van der Waals surface area contributed by atoms with E-state index in [9.17, 15) is 5.11 Å². The molecule has 0 saturated carbocycles. The molecule has 0 saturated heterocycles. The number of benzene rings is 2. The van der Waals surface area contributed by atoms with E-state index >= 15 is 0 Å². The summed E-state index contributed by atoms with van der Waals surface area (Å²) in [6, 6.07) is 15.5. The number of aliphatic hydroxyl groups excluding tert-OH is 1. The van der Waals surface area contributed by atoms with Crippen LogP contribution in [0.25, 0.3) is 5.57 Å². The van der Waals surface area contributed by atoms with E-state index in [1.54, 1.807) is 14.2 Å². The van der Waals surface area contributed by atoms with Gasteiger partial charge >= 0.3 is 0 Å². The van der Waals surface area contributed by atoms with Gasteiger partial charge in [-0.1, -0.05) is 49.0 Å². The Morgan fingerprint density at radius 3 is 2.43 bits per heavy atom. The van der Waals surface area contributed by atoms with Crippen molar-refractivity contribution in [2.24, 2.45) is 0 Å². The fourth-order valence-corrected chi connectivity index (χ4v) is 3.13. The molecule has 3 nitrogen and oxygen atoms in total. The molecule has 0 heterocycles. The fourth-order valence-electron chi connectivity index (χ4n) is 3.13. The molecule has 1 aliphatic rings. The maximum atomic E-state index is 10.7. The first-order valence-corrected chi connectivity index (χ1v) is 6.82. The van der Waals surface area contributed by atoms with Crippen LogP contribution < -0.4 is 4.74 Å². The minimum Gasteiger partial charge on any atom is -0.496 e. The van der Waals surface area contributed by atoms with Crippen molar-refractivity contribution in [2.75, 3.05) is 14.2 Å². The number of rotatable bonds is 4. The van der Waals surface area contributed by atoms with Crippen molar-refractivity contribution in [3.8, 4) is 5.75 Å². The van der Waals surface area contributed by atoms with Gasteiger partial charge in [-0.25, -0.2) is 0 Å². The third-order valence-corrected chi connectivity index (χ3v) is 4.24. The average molecular weight is 282 g/mol. The normalized spacial score (nSPS) is 23.1. The molecule has 0 aliphatic heterocycles. The highest BCUT2D eigenvalue weighted by Crippen LogP contribution is 2.59. The van der Waals surface area contributed by atoms with Crippen LogP contribution in [0, 0.1) is 0 Å². The summed E-state index contributed by atoms with van der Waals surface area (Å²) in [5, 5.41) is 10.7. The maximum Gasteiger partial charge on any atom is 0.148 e. The van der Waals surface area contributed by atoms with Gasteiger partial charge in [0, 0.05) is 18.2 Å². The van der Waals surface area contributed by atoms with Gasteiger partial charge in [0.2, 0.25) is 0 Å². The Kier molecular flexibility index (Phi) is 3.32. The zero-order valence-electron chi connectivity index (χ0n) is 12.2. The van der Waals surface area contributed by atoms with Crippen molar-refractivity contribution in [3.63, 3.8) is 0 Å². The first-order chi connectivity index (χ1) is 10.2. The summed E-state index contributed by atoms with van der Waals surface area (Å²) in [7, 11) is 3.20. The van der Waals surface area contributed by atoms with Gasteiger partial charge in [-0.15, -0.1) is 0 Å². The van der Waals surface area contributed by atoms with Crippen molar-refractivity contribution in [1.82, 2.24) is 0 Å². The van der Waals surface area contributed by atoms with E-state index in [0.717, 1.165) is 22.3 Å². The summed E-state index contributed by atoms with van der Waals surface area (Å²) in [6.07, 6.45) is -0.790. The van der Waals surface area contributed by atoms with Gasteiger partial charge in [0.25, 0.3) is 0 Å². The predicted molar refractivity (Wildman–Crippen MR) is 82.1 cm³/mol. The minimum absolute atomic E-state index is 0.675. The van der Waals surface area contributed by atoms with Gasteiger partial charge in [0.1, 0.15) is 17.5 Å². The standard InChI is InChI=1S/C18H18O3/c1-12(13-8-5-4-6-9-13)18(21-3)14-10-7-11-15(20-2)16(14)17(18)19/h4-11,17,19H,1H2,2-3H3/t17-,18+/m0/s1. The SMILES string of the molecule is C=C(c1ccccc1)[C@@]1(OC)c2cccc(OC)c2[C@@H]1O.